The number of pyridine rings is 1. The molecule has 0 spiro atoms. The first-order valence-electron chi connectivity index (χ1n) is 5.26. The van der Waals surface area contributed by atoms with Crippen molar-refractivity contribution in [1.29, 1.82) is 0 Å². The monoisotopic (exact) mass is 340 g/mol. The van der Waals surface area contributed by atoms with E-state index in [9.17, 15) is 17.2 Å². The molecule has 1 aliphatic heterocycles. The first kappa shape index (κ1) is 13.7. The van der Waals surface area contributed by atoms with Gasteiger partial charge in [-0.1, -0.05) is 6.92 Å². The molecule has 0 amide bonds. The Labute approximate surface area is 112 Å². The molecule has 0 aromatic carbocycles. The molecule has 4 nitrogen and oxygen atoms in total. The molecule has 1 fully saturated rings. The van der Waals surface area contributed by atoms with Gasteiger partial charge < -0.3 is 4.90 Å². The van der Waals surface area contributed by atoms with Crippen LogP contribution in [-0.2, 0) is 9.84 Å². The van der Waals surface area contributed by atoms with E-state index in [-0.39, 0.29) is 15.3 Å². The van der Waals surface area contributed by atoms with Crippen molar-refractivity contribution in [2.75, 3.05) is 23.7 Å². The van der Waals surface area contributed by atoms with E-state index in [1.54, 1.807) is 0 Å². The summed E-state index contributed by atoms with van der Waals surface area (Å²) in [6.45, 7) is 0.718. The van der Waals surface area contributed by atoms with Crippen molar-refractivity contribution in [2.45, 2.75) is 17.7 Å². The Morgan fingerprint density at radius 1 is 1.50 bits per heavy atom. The van der Waals surface area contributed by atoms with Crippen molar-refractivity contribution in [3.63, 3.8) is 0 Å². The molecule has 0 N–H and O–H groups in total. The van der Waals surface area contributed by atoms with Crippen LogP contribution in [0.2, 0.25) is 0 Å². The largest absolute Gasteiger partial charge is 0.358 e. The van der Waals surface area contributed by atoms with Crippen molar-refractivity contribution >= 4 is 31.5 Å². The maximum Gasteiger partial charge on any atom is 0.282 e. The zero-order chi connectivity index (χ0) is 13.6. The van der Waals surface area contributed by atoms with E-state index >= 15 is 0 Å². The summed E-state index contributed by atoms with van der Waals surface area (Å²) in [7, 11) is -3.42. The molecule has 8 heteroatoms. The van der Waals surface area contributed by atoms with Crippen LogP contribution in [0, 0.1) is 0 Å². The van der Waals surface area contributed by atoms with Gasteiger partial charge >= 0.3 is 0 Å². The summed E-state index contributed by atoms with van der Waals surface area (Å²) in [4.78, 5) is 5.33. The van der Waals surface area contributed by atoms with Gasteiger partial charge in [0.2, 0.25) is 0 Å². The van der Waals surface area contributed by atoms with E-state index in [0.29, 0.717) is 5.69 Å². The van der Waals surface area contributed by atoms with Crippen molar-refractivity contribution in [2.24, 2.45) is 0 Å². The second-order valence-corrected chi connectivity index (χ2v) is 7.10. The molecule has 2 rings (SSSR count). The summed E-state index contributed by atoms with van der Waals surface area (Å²) in [5.41, 5.74) is 0.399. The fourth-order valence-corrected chi connectivity index (χ4v) is 3.54. The van der Waals surface area contributed by atoms with Crippen LogP contribution in [0.15, 0.2) is 21.8 Å². The van der Waals surface area contributed by atoms with Gasteiger partial charge in [-0.15, -0.1) is 0 Å². The lowest BCUT2D eigenvalue weighted by atomic mass is 10.1. The number of nitrogens with zero attached hydrogens (tertiary/aromatic N) is 2. The number of anilines is 1. The second-order valence-electron chi connectivity index (χ2n) is 4.10. The van der Waals surface area contributed by atoms with Gasteiger partial charge in [0.25, 0.3) is 5.92 Å². The Morgan fingerprint density at radius 3 is 2.61 bits per heavy atom. The Balaban J connectivity index is 2.34. The highest BCUT2D eigenvalue weighted by Crippen LogP contribution is 2.33. The van der Waals surface area contributed by atoms with E-state index < -0.39 is 28.8 Å². The van der Waals surface area contributed by atoms with Gasteiger partial charge in [-0.25, -0.2) is 22.2 Å². The van der Waals surface area contributed by atoms with Gasteiger partial charge in [-0.05, 0) is 22.0 Å². The van der Waals surface area contributed by atoms with Gasteiger partial charge in [0.15, 0.2) is 9.84 Å². The fraction of sp³-hybridized carbons (Fsp3) is 0.500. The highest BCUT2D eigenvalue weighted by Gasteiger charge is 2.44. The maximum atomic E-state index is 12.8. The molecule has 0 unspecified atom stereocenters. The highest BCUT2D eigenvalue weighted by molar-refractivity contribution is 9.10. The van der Waals surface area contributed by atoms with Crippen LogP contribution in [-0.4, -0.2) is 38.2 Å². The lowest BCUT2D eigenvalue weighted by Gasteiger charge is -2.40. The number of hydrogen-bond donors (Lipinski definition) is 0. The number of alkyl halides is 2. The van der Waals surface area contributed by atoms with E-state index in [0.717, 1.165) is 0 Å². The fourth-order valence-electron chi connectivity index (χ4n) is 1.66. The Bertz CT molecular complexity index is 569. The molecule has 100 valence electrons. The lowest BCUT2D eigenvalue weighted by molar-refractivity contribution is -0.0263. The molecule has 1 saturated heterocycles. The topological polar surface area (TPSA) is 50.3 Å². The standard InChI is InChI=1S/C10H11BrF2N2O2S/c1-2-18(16,17)8-3-7(4-14-9(8)11)15-5-10(12,13)6-15/h3-4H,2,5-6H2,1H3. The minimum absolute atomic E-state index is 0.0396. The summed E-state index contributed by atoms with van der Waals surface area (Å²) in [6.07, 6.45) is 1.38. The number of aromatic nitrogens is 1. The Morgan fingerprint density at radius 2 is 2.11 bits per heavy atom. The van der Waals surface area contributed by atoms with Crippen LogP contribution in [0.3, 0.4) is 0 Å². The quantitative estimate of drug-likeness (QED) is 0.790. The number of hydrogen-bond acceptors (Lipinski definition) is 4. The van der Waals surface area contributed by atoms with E-state index in [2.05, 4.69) is 20.9 Å². The van der Waals surface area contributed by atoms with Crippen LogP contribution < -0.4 is 4.90 Å². The third-order valence-electron chi connectivity index (χ3n) is 2.72. The molecule has 0 radical (unpaired) electrons. The molecule has 0 atom stereocenters. The smallest absolute Gasteiger partial charge is 0.282 e. The van der Waals surface area contributed by atoms with Gasteiger partial charge in [0.05, 0.1) is 30.7 Å². The first-order valence-corrected chi connectivity index (χ1v) is 7.71. The second kappa shape index (κ2) is 4.41. The van der Waals surface area contributed by atoms with Gasteiger partial charge in [0, 0.05) is 0 Å². The summed E-state index contributed by atoms with van der Waals surface area (Å²) in [5.74, 6) is -2.76. The summed E-state index contributed by atoms with van der Waals surface area (Å²) in [5, 5.41) is 0. The SMILES string of the molecule is CCS(=O)(=O)c1cc(N2CC(F)(F)C2)cnc1Br. The third-order valence-corrected chi connectivity index (χ3v) is 5.35. The van der Waals surface area contributed by atoms with Crippen molar-refractivity contribution in [3.05, 3.63) is 16.9 Å². The summed E-state index contributed by atoms with van der Waals surface area (Å²) in [6, 6.07) is 1.38. The van der Waals surface area contributed by atoms with Crippen LogP contribution in [0.25, 0.3) is 0 Å². The Hall–Kier alpha value is -0.760. The van der Waals surface area contributed by atoms with Gasteiger partial charge in [-0.2, -0.15) is 0 Å². The normalized spacial score (nSPS) is 18.6. The van der Waals surface area contributed by atoms with Gasteiger partial charge in [-0.3, -0.25) is 0 Å². The maximum absolute atomic E-state index is 12.8. The van der Waals surface area contributed by atoms with Crippen LogP contribution in [0.1, 0.15) is 6.92 Å². The number of sulfone groups is 1. The van der Waals surface area contributed by atoms with Crippen molar-refractivity contribution in [3.8, 4) is 0 Å². The number of halogens is 3. The third kappa shape index (κ3) is 2.49. The molecule has 2 heterocycles. The molecule has 18 heavy (non-hydrogen) atoms. The zero-order valence-electron chi connectivity index (χ0n) is 9.53. The van der Waals surface area contributed by atoms with Crippen LogP contribution in [0.4, 0.5) is 14.5 Å². The van der Waals surface area contributed by atoms with E-state index in [1.807, 2.05) is 0 Å². The van der Waals surface area contributed by atoms with Crippen LogP contribution >= 0.6 is 15.9 Å². The van der Waals surface area contributed by atoms with Crippen molar-refractivity contribution < 1.29 is 17.2 Å². The molecular weight excluding hydrogens is 330 g/mol. The lowest BCUT2D eigenvalue weighted by Crippen LogP contribution is -2.56. The van der Waals surface area contributed by atoms with E-state index in [1.165, 1.54) is 24.1 Å². The first-order chi connectivity index (χ1) is 8.25. The Kier molecular flexibility index (Phi) is 3.35. The summed E-state index contributed by atoms with van der Waals surface area (Å²) < 4.78 is 49.3. The van der Waals surface area contributed by atoms with Crippen LogP contribution in [0.5, 0.6) is 0 Å². The molecule has 0 bridgehead atoms. The average molecular weight is 341 g/mol. The molecular formula is C10H11BrF2N2O2S. The van der Waals surface area contributed by atoms with E-state index in [4.69, 9.17) is 0 Å². The predicted molar refractivity (Wildman–Crippen MR) is 66.8 cm³/mol. The average Bonchev–Trinajstić information content (AvgIpc) is 2.26. The minimum atomic E-state index is -3.42. The minimum Gasteiger partial charge on any atom is -0.358 e. The molecule has 0 aliphatic carbocycles. The highest BCUT2D eigenvalue weighted by atomic mass is 79.9. The summed E-state index contributed by atoms with van der Waals surface area (Å²) >= 11 is 3.06. The number of rotatable bonds is 3. The molecule has 0 saturated carbocycles. The van der Waals surface area contributed by atoms with Crippen molar-refractivity contribution in [1.82, 2.24) is 4.98 Å². The molecule has 1 aliphatic rings. The zero-order valence-corrected chi connectivity index (χ0v) is 11.9. The van der Waals surface area contributed by atoms with Gasteiger partial charge in [0.1, 0.15) is 9.50 Å². The molecule has 1 aromatic rings. The molecule has 1 aromatic heterocycles. The predicted octanol–water partition coefficient (Wildman–Crippen LogP) is 2.09.